The largest absolute Gasteiger partial charge is 0.370 e. The molecule has 0 aliphatic rings. The summed E-state index contributed by atoms with van der Waals surface area (Å²) in [5, 5.41) is 13.0. The predicted molar refractivity (Wildman–Crippen MR) is 94.5 cm³/mol. The van der Waals surface area contributed by atoms with Crippen molar-refractivity contribution in [2.45, 2.75) is 19.5 Å². The molecule has 1 atom stereocenters. The number of nitrogens with two attached hydrogens (primary N) is 1. The smallest absolute Gasteiger partial charge is 0.189 e. The molecule has 0 radical (unpaired) electrons. The summed E-state index contributed by atoms with van der Waals surface area (Å²) in [6, 6.07) is 14.5. The van der Waals surface area contributed by atoms with Gasteiger partial charge < -0.3 is 11.1 Å². The Labute approximate surface area is 145 Å². The van der Waals surface area contributed by atoms with E-state index >= 15 is 0 Å². The summed E-state index contributed by atoms with van der Waals surface area (Å²) in [6.07, 6.45) is 0. The van der Waals surface area contributed by atoms with Crippen molar-refractivity contribution in [3.05, 3.63) is 69.2 Å². The zero-order valence-electron chi connectivity index (χ0n) is 12.6. The van der Waals surface area contributed by atoms with Crippen LogP contribution in [-0.4, -0.2) is 5.96 Å². The number of nitriles is 1. The van der Waals surface area contributed by atoms with Gasteiger partial charge in [0, 0.05) is 10.0 Å². The van der Waals surface area contributed by atoms with Crippen LogP contribution in [-0.2, 0) is 6.54 Å². The third-order valence-electron chi connectivity index (χ3n) is 3.31. The van der Waals surface area contributed by atoms with Crippen molar-refractivity contribution in [2.24, 2.45) is 10.7 Å². The van der Waals surface area contributed by atoms with E-state index in [1.54, 1.807) is 24.3 Å². The summed E-state index contributed by atoms with van der Waals surface area (Å²) >= 11 is 12.1. The number of hydrogen-bond acceptors (Lipinski definition) is 2. The van der Waals surface area contributed by atoms with Crippen LogP contribution in [0.2, 0.25) is 10.0 Å². The number of hydrogen-bond donors (Lipinski definition) is 2. The molecule has 0 fully saturated rings. The van der Waals surface area contributed by atoms with Crippen molar-refractivity contribution in [1.82, 2.24) is 5.32 Å². The Balaban J connectivity index is 1.99. The van der Waals surface area contributed by atoms with E-state index in [1.807, 2.05) is 25.1 Å². The highest BCUT2D eigenvalue weighted by atomic mass is 35.5. The van der Waals surface area contributed by atoms with E-state index in [-0.39, 0.29) is 6.04 Å². The van der Waals surface area contributed by atoms with Gasteiger partial charge in [0.05, 0.1) is 24.2 Å². The molecule has 0 bridgehead atoms. The van der Waals surface area contributed by atoms with Gasteiger partial charge in [0.1, 0.15) is 0 Å². The van der Waals surface area contributed by atoms with Gasteiger partial charge >= 0.3 is 0 Å². The Morgan fingerprint density at radius 2 is 1.96 bits per heavy atom. The number of rotatable bonds is 4. The lowest BCUT2D eigenvalue weighted by Crippen LogP contribution is -2.34. The Morgan fingerprint density at radius 1 is 1.26 bits per heavy atom. The standard InChI is InChI=1S/C17H16Cl2N4/c1-11(15-7-6-14(18)8-16(15)19)23-17(21)22-10-13-4-2-12(9-20)3-5-13/h2-8,11H,10H2,1H3,(H3,21,22,23). The van der Waals surface area contributed by atoms with Gasteiger partial charge in [-0.25, -0.2) is 4.99 Å². The molecule has 0 spiro atoms. The van der Waals surface area contributed by atoms with E-state index < -0.39 is 0 Å². The molecule has 0 saturated carbocycles. The van der Waals surface area contributed by atoms with E-state index in [2.05, 4.69) is 16.4 Å². The maximum Gasteiger partial charge on any atom is 0.189 e. The molecule has 0 aliphatic carbocycles. The quantitative estimate of drug-likeness (QED) is 0.648. The molecule has 1 unspecified atom stereocenters. The average Bonchev–Trinajstić information content (AvgIpc) is 2.53. The first kappa shape index (κ1) is 17.1. The Kier molecular flexibility index (Phi) is 5.86. The second-order valence-corrected chi connectivity index (χ2v) is 5.89. The van der Waals surface area contributed by atoms with Crippen LogP contribution >= 0.6 is 23.2 Å². The fourth-order valence-corrected chi connectivity index (χ4v) is 2.63. The lowest BCUT2D eigenvalue weighted by Gasteiger charge is -2.16. The van der Waals surface area contributed by atoms with Crippen molar-refractivity contribution >= 4 is 29.2 Å². The minimum absolute atomic E-state index is 0.0931. The van der Waals surface area contributed by atoms with Crippen molar-refractivity contribution < 1.29 is 0 Å². The lowest BCUT2D eigenvalue weighted by molar-refractivity contribution is 0.708. The molecule has 2 rings (SSSR count). The summed E-state index contributed by atoms with van der Waals surface area (Å²) in [4.78, 5) is 4.29. The first-order valence-electron chi connectivity index (χ1n) is 7.00. The maximum absolute atomic E-state index is 8.77. The van der Waals surface area contributed by atoms with Crippen molar-refractivity contribution in [3.8, 4) is 6.07 Å². The molecule has 0 heterocycles. The third kappa shape index (κ3) is 4.88. The van der Waals surface area contributed by atoms with Gasteiger partial charge in [-0.05, 0) is 42.3 Å². The van der Waals surface area contributed by atoms with Crippen molar-refractivity contribution in [2.75, 3.05) is 0 Å². The predicted octanol–water partition coefficient (Wildman–Crippen LogP) is 4.03. The molecule has 0 aliphatic heterocycles. The Bertz CT molecular complexity index is 748. The van der Waals surface area contributed by atoms with Gasteiger partial charge in [-0.3, -0.25) is 0 Å². The highest BCUT2D eigenvalue weighted by molar-refractivity contribution is 6.35. The van der Waals surface area contributed by atoms with E-state index in [1.165, 1.54) is 0 Å². The molecule has 23 heavy (non-hydrogen) atoms. The monoisotopic (exact) mass is 346 g/mol. The summed E-state index contributed by atoms with van der Waals surface area (Å²) in [5.41, 5.74) is 8.41. The van der Waals surface area contributed by atoms with Gasteiger partial charge in [0.25, 0.3) is 0 Å². The normalized spacial score (nSPS) is 12.5. The fraction of sp³-hybridized carbons (Fsp3) is 0.176. The maximum atomic E-state index is 8.77. The molecule has 2 aromatic carbocycles. The van der Waals surface area contributed by atoms with Crippen LogP contribution < -0.4 is 11.1 Å². The van der Waals surface area contributed by atoms with E-state index in [0.717, 1.165) is 11.1 Å². The van der Waals surface area contributed by atoms with Crippen LogP contribution in [0.3, 0.4) is 0 Å². The van der Waals surface area contributed by atoms with Gasteiger partial charge in [-0.2, -0.15) is 5.26 Å². The van der Waals surface area contributed by atoms with Gasteiger partial charge in [-0.1, -0.05) is 41.4 Å². The highest BCUT2D eigenvalue weighted by Crippen LogP contribution is 2.25. The molecule has 6 heteroatoms. The first-order valence-corrected chi connectivity index (χ1v) is 7.75. The van der Waals surface area contributed by atoms with Crippen molar-refractivity contribution in [1.29, 1.82) is 5.26 Å². The number of nitrogens with zero attached hydrogens (tertiary/aromatic N) is 2. The van der Waals surface area contributed by atoms with Crippen LogP contribution in [0.15, 0.2) is 47.5 Å². The highest BCUT2D eigenvalue weighted by Gasteiger charge is 2.10. The topological polar surface area (TPSA) is 74.2 Å². The molecule has 118 valence electrons. The molecular formula is C17H16Cl2N4. The first-order chi connectivity index (χ1) is 11.0. The molecule has 0 aromatic heterocycles. The minimum Gasteiger partial charge on any atom is -0.370 e. The zero-order chi connectivity index (χ0) is 16.8. The van der Waals surface area contributed by atoms with E-state index in [4.69, 9.17) is 34.2 Å². The molecule has 0 saturated heterocycles. The van der Waals surface area contributed by atoms with Crippen LogP contribution in [0, 0.1) is 11.3 Å². The van der Waals surface area contributed by atoms with Gasteiger partial charge in [0.15, 0.2) is 5.96 Å². The third-order valence-corrected chi connectivity index (χ3v) is 3.87. The van der Waals surface area contributed by atoms with Gasteiger partial charge in [-0.15, -0.1) is 0 Å². The molecular weight excluding hydrogens is 331 g/mol. The second-order valence-electron chi connectivity index (χ2n) is 5.04. The van der Waals surface area contributed by atoms with Crippen molar-refractivity contribution in [3.63, 3.8) is 0 Å². The summed E-state index contributed by atoms with van der Waals surface area (Å²) in [7, 11) is 0. The molecule has 2 aromatic rings. The molecule has 3 N–H and O–H groups in total. The Morgan fingerprint density at radius 3 is 2.57 bits per heavy atom. The molecule has 0 amide bonds. The Hall–Kier alpha value is -2.22. The number of benzene rings is 2. The van der Waals surface area contributed by atoms with Gasteiger partial charge in [0.2, 0.25) is 0 Å². The minimum atomic E-state index is -0.0931. The average molecular weight is 347 g/mol. The number of nitrogens with one attached hydrogen (secondary N) is 1. The van der Waals surface area contributed by atoms with Crippen LogP contribution in [0.25, 0.3) is 0 Å². The summed E-state index contributed by atoms with van der Waals surface area (Å²) in [5.74, 6) is 0.327. The number of guanidine groups is 1. The fourth-order valence-electron chi connectivity index (χ4n) is 2.06. The van der Waals surface area contributed by atoms with Crippen LogP contribution in [0.4, 0.5) is 0 Å². The van der Waals surface area contributed by atoms with E-state index in [9.17, 15) is 0 Å². The SMILES string of the molecule is CC(NC(N)=NCc1ccc(C#N)cc1)c1ccc(Cl)cc1Cl. The summed E-state index contributed by atoms with van der Waals surface area (Å²) < 4.78 is 0. The lowest BCUT2D eigenvalue weighted by atomic mass is 10.1. The van der Waals surface area contributed by atoms with Crippen LogP contribution in [0.1, 0.15) is 29.7 Å². The summed E-state index contributed by atoms with van der Waals surface area (Å²) in [6.45, 7) is 2.38. The van der Waals surface area contributed by atoms with Crippen LogP contribution in [0.5, 0.6) is 0 Å². The second kappa shape index (κ2) is 7.87. The van der Waals surface area contributed by atoms with E-state index in [0.29, 0.717) is 28.1 Å². The number of aliphatic imine (C=N–C) groups is 1. The zero-order valence-corrected chi connectivity index (χ0v) is 14.1. The number of halogens is 2. The molecule has 4 nitrogen and oxygen atoms in total.